The predicted molar refractivity (Wildman–Crippen MR) is 81.9 cm³/mol. The van der Waals surface area contributed by atoms with Crippen LogP contribution < -0.4 is 0 Å². The van der Waals surface area contributed by atoms with Gasteiger partial charge in [-0.25, -0.2) is 0 Å². The predicted octanol–water partition coefficient (Wildman–Crippen LogP) is 4.92. The van der Waals surface area contributed by atoms with Crippen molar-refractivity contribution in [3.8, 4) is 0 Å². The minimum Gasteiger partial charge on any atom is -0.0622 e. The van der Waals surface area contributed by atoms with Crippen molar-refractivity contribution < 1.29 is 0 Å². The highest BCUT2D eigenvalue weighted by atomic mass is 14.1. The van der Waals surface area contributed by atoms with Crippen LogP contribution >= 0.6 is 0 Å². The van der Waals surface area contributed by atoms with Gasteiger partial charge in [-0.15, -0.1) is 0 Å². The number of aryl methyl sites for hydroxylation is 1. The normalized spacial score (nSPS) is 13.0. The Labute approximate surface area is 114 Å². The van der Waals surface area contributed by atoms with Crippen LogP contribution in [-0.2, 0) is 0 Å². The maximum atomic E-state index is 2.20. The molecule has 2 aromatic carbocycles. The molecule has 0 nitrogen and oxygen atoms in total. The molecule has 0 N–H and O–H groups in total. The lowest BCUT2D eigenvalue weighted by molar-refractivity contribution is 1.44. The van der Waals surface area contributed by atoms with Crippen LogP contribution in [-0.4, -0.2) is 0 Å². The quantitative estimate of drug-likeness (QED) is 0.703. The molecule has 0 bridgehead atoms. The zero-order valence-electron chi connectivity index (χ0n) is 11.0. The van der Waals surface area contributed by atoms with Crippen LogP contribution in [0.1, 0.15) is 16.7 Å². The summed E-state index contributed by atoms with van der Waals surface area (Å²) in [5.74, 6) is 0. The van der Waals surface area contributed by atoms with Crippen molar-refractivity contribution in [3.05, 3.63) is 101 Å². The van der Waals surface area contributed by atoms with Crippen LogP contribution in [0.4, 0.5) is 0 Å². The summed E-state index contributed by atoms with van der Waals surface area (Å²) < 4.78 is 0. The molecule has 2 aromatic rings. The third-order valence-electron chi connectivity index (χ3n) is 3.35. The second-order valence-corrected chi connectivity index (χ2v) is 4.78. The first-order valence-corrected chi connectivity index (χ1v) is 6.56. The van der Waals surface area contributed by atoms with Gasteiger partial charge in [-0.05, 0) is 29.2 Å². The Bertz CT molecular complexity index is 639. The van der Waals surface area contributed by atoms with Crippen LogP contribution in [0, 0.1) is 6.92 Å². The van der Waals surface area contributed by atoms with Crippen molar-refractivity contribution in [2.75, 3.05) is 0 Å². The molecule has 0 aliphatic heterocycles. The topological polar surface area (TPSA) is 0 Å². The highest BCUT2D eigenvalue weighted by Crippen LogP contribution is 2.29. The van der Waals surface area contributed by atoms with E-state index in [1.165, 1.54) is 27.8 Å². The Morgan fingerprint density at radius 3 is 1.89 bits per heavy atom. The van der Waals surface area contributed by atoms with Gasteiger partial charge >= 0.3 is 0 Å². The molecular weight excluding hydrogens is 228 g/mol. The lowest BCUT2D eigenvalue weighted by atomic mass is 9.93. The molecule has 1 aliphatic rings. The second kappa shape index (κ2) is 5.11. The molecule has 0 atom stereocenters. The average Bonchev–Trinajstić information content (AvgIpc) is 2.96. The number of allylic oxidation sites excluding steroid dienone is 5. The summed E-state index contributed by atoms with van der Waals surface area (Å²) in [5.41, 5.74) is 6.39. The monoisotopic (exact) mass is 244 g/mol. The Balaban J connectivity index is 2.18. The number of hydrogen-bond acceptors (Lipinski definition) is 0. The fourth-order valence-electron chi connectivity index (χ4n) is 2.37. The van der Waals surface area contributed by atoms with Gasteiger partial charge in [0.25, 0.3) is 0 Å². The highest BCUT2D eigenvalue weighted by molar-refractivity contribution is 5.86. The van der Waals surface area contributed by atoms with Crippen LogP contribution in [0.25, 0.3) is 5.57 Å². The van der Waals surface area contributed by atoms with Crippen LogP contribution in [0.3, 0.4) is 0 Å². The standard InChI is InChI=1S/C19H16/c1-15-11-13-18(14-12-15)19(17-9-5-6-10-17)16-7-3-2-4-8-16/h2-14H,1H3. The van der Waals surface area contributed by atoms with Gasteiger partial charge in [0, 0.05) is 0 Å². The van der Waals surface area contributed by atoms with Gasteiger partial charge in [0.1, 0.15) is 0 Å². The van der Waals surface area contributed by atoms with E-state index < -0.39 is 0 Å². The fourth-order valence-corrected chi connectivity index (χ4v) is 2.37. The zero-order valence-corrected chi connectivity index (χ0v) is 11.0. The first kappa shape index (κ1) is 11.7. The van der Waals surface area contributed by atoms with Crippen LogP contribution in [0.15, 0.2) is 84.5 Å². The average molecular weight is 244 g/mol. The van der Waals surface area contributed by atoms with Gasteiger partial charge in [0.15, 0.2) is 0 Å². The fraction of sp³-hybridized carbons (Fsp3) is 0.0526. The van der Waals surface area contributed by atoms with Gasteiger partial charge in [-0.2, -0.15) is 0 Å². The number of rotatable bonds is 2. The Morgan fingerprint density at radius 1 is 0.684 bits per heavy atom. The van der Waals surface area contributed by atoms with Gasteiger partial charge in [-0.1, -0.05) is 84.5 Å². The first-order chi connectivity index (χ1) is 9.34. The number of benzene rings is 2. The Kier molecular flexibility index (Phi) is 3.16. The van der Waals surface area contributed by atoms with E-state index in [0.717, 1.165) is 0 Å². The molecule has 3 rings (SSSR count). The first-order valence-electron chi connectivity index (χ1n) is 6.56. The van der Waals surface area contributed by atoms with E-state index in [-0.39, 0.29) is 0 Å². The summed E-state index contributed by atoms with van der Waals surface area (Å²) in [4.78, 5) is 0. The van der Waals surface area contributed by atoms with E-state index in [2.05, 4.69) is 85.8 Å². The summed E-state index contributed by atoms with van der Waals surface area (Å²) in [5, 5.41) is 0. The Hall–Kier alpha value is -2.34. The molecular formula is C19H16. The molecule has 92 valence electrons. The maximum absolute atomic E-state index is 2.20. The summed E-state index contributed by atoms with van der Waals surface area (Å²) in [6.07, 6.45) is 8.52. The van der Waals surface area contributed by atoms with E-state index >= 15 is 0 Å². The molecule has 0 unspecified atom stereocenters. The van der Waals surface area contributed by atoms with Gasteiger partial charge in [0.05, 0.1) is 0 Å². The van der Waals surface area contributed by atoms with E-state index in [1.807, 2.05) is 0 Å². The molecule has 0 amide bonds. The third-order valence-corrected chi connectivity index (χ3v) is 3.35. The number of hydrogen-bond donors (Lipinski definition) is 0. The second-order valence-electron chi connectivity index (χ2n) is 4.78. The zero-order chi connectivity index (χ0) is 13.1. The van der Waals surface area contributed by atoms with E-state index in [1.54, 1.807) is 0 Å². The minimum absolute atomic E-state index is 1.26. The van der Waals surface area contributed by atoms with Crippen molar-refractivity contribution in [3.63, 3.8) is 0 Å². The van der Waals surface area contributed by atoms with E-state index in [0.29, 0.717) is 0 Å². The molecule has 0 heteroatoms. The largest absolute Gasteiger partial charge is 0.0622 e. The smallest absolute Gasteiger partial charge is 0.00389 e. The Morgan fingerprint density at radius 2 is 1.26 bits per heavy atom. The van der Waals surface area contributed by atoms with Crippen molar-refractivity contribution >= 4 is 5.57 Å². The SMILES string of the molecule is Cc1ccc(C(=C2C=CC=C2)c2ccccc2)cc1. The van der Waals surface area contributed by atoms with E-state index in [4.69, 9.17) is 0 Å². The van der Waals surface area contributed by atoms with Gasteiger partial charge in [-0.3, -0.25) is 0 Å². The molecule has 0 heterocycles. The molecule has 19 heavy (non-hydrogen) atoms. The minimum atomic E-state index is 1.26. The molecule has 0 aromatic heterocycles. The lowest BCUT2D eigenvalue weighted by Gasteiger charge is -2.11. The van der Waals surface area contributed by atoms with Crippen molar-refractivity contribution in [1.29, 1.82) is 0 Å². The van der Waals surface area contributed by atoms with Crippen molar-refractivity contribution in [2.24, 2.45) is 0 Å². The molecule has 0 saturated carbocycles. The molecule has 0 radical (unpaired) electrons. The summed E-state index contributed by atoms with van der Waals surface area (Å²) in [7, 11) is 0. The summed E-state index contributed by atoms with van der Waals surface area (Å²) >= 11 is 0. The maximum Gasteiger partial charge on any atom is -0.00389 e. The van der Waals surface area contributed by atoms with E-state index in [9.17, 15) is 0 Å². The van der Waals surface area contributed by atoms with Crippen molar-refractivity contribution in [2.45, 2.75) is 6.92 Å². The van der Waals surface area contributed by atoms with Gasteiger partial charge in [0.2, 0.25) is 0 Å². The molecule has 1 aliphatic carbocycles. The third kappa shape index (κ3) is 2.43. The van der Waals surface area contributed by atoms with Crippen LogP contribution in [0.2, 0.25) is 0 Å². The lowest BCUT2D eigenvalue weighted by Crippen LogP contribution is -1.91. The van der Waals surface area contributed by atoms with Crippen molar-refractivity contribution in [1.82, 2.24) is 0 Å². The molecule has 0 spiro atoms. The van der Waals surface area contributed by atoms with Gasteiger partial charge < -0.3 is 0 Å². The molecule has 0 saturated heterocycles. The highest BCUT2D eigenvalue weighted by Gasteiger charge is 2.09. The summed E-state index contributed by atoms with van der Waals surface area (Å²) in [6.45, 7) is 2.12. The summed E-state index contributed by atoms with van der Waals surface area (Å²) in [6, 6.07) is 19.3. The molecule has 0 fully saturated rings. The van der Waals surface area contributed by atoms with Crippen LogP contribution in [0.5, 0.6) is 0 Å².